The standard InChI is InChI=1S/C72H90N4O10S2/c1-69(2,3)53-29-45-27-46-30-54(70(4,5)6)35-51(62(46)78)39-76-40-52-36-56(72(10,11)12)32-48(64(52)80)28-47-31-55(71(7,8)9)34-50(63(47)79)38-75(37-49(33-53)61(45)77)59(25-43-21-17-15-18-22-43)65(81)73-57(67(83)85-13)41-87-88-42-58(68(84)86-14)74-66(82)60(76)26-44-23-19-16-20-24-44/h15-24,29-36,57-60,77-80H,25-28,37-42H2,1-14H3,(H,73,81)(H,74,82)/t57-,58-,59-,60-/m0/s1. The molecule has 0 aliphatic carbocycles. The lowest BCUT2D eigenvalue weighted by molar-refractivity contribution is -0.145. The molecule has 6 aromatic rings. The van der Waals surface area contributed by atoms with Crippen LogP contribution in [-0.4, -0.2) is 104 Å². The molecule has 3 heterocycles. The van der Waals surface area contributed by atoms with E-state index in [4.69, 9.17) is 9.47 Å². The largest absolute Gasteiger partial charge is 0.507 e. The fourth-order valence-corrected chi connectivity index (χ4v) is 13.8. The zero-order valence-electron chi connectivity index (χ0n) is 53.7. The van der Waals surface area contributed by atoms with E-state index in [-0.39, 0.29) is 86.4 Å². The van der Waals surface area contributed by atoms with Crippen LogP contribution in [0.1, 0.15) is 161 Å². The molecule has 0 saturated heterocycles. The Hall–Kier alpha value is -6.98. The van der Waals surface area contributed by atoms with Gasteiger partial charge < -0.3 is 40.5 Å². The van der Waals surface area contributed by atoms with E-state index in [0.29, 0.717) is 44.5 Å². The van der Waals surface area contributed by atoms with Crippen LogP contribution in [0.5, 0.6) is 23.0 Å². The minimum absolute atomic E-state index is 0.00000708. The Morgan fingerprint density at radius 2 is 0.693 bits per heavy atom. The van der Waals surface area contributed by atoms with Crippen molar-refractivity contribution in [1.82, 2.24) is 20.4 Å². The number of aromatic hydroxyl groups is 4. The first-order chi connectivity index (χ1) is 41.3. The first kappa shape index (κ1) is 67.0. The number of phenols is 4. The van der Waals surface area contributed by atoms with E-state index in [0.717, 1.165) is 33.4 Å². The van der Waals surface area contributed by atoms with Gasteiger partial charge in [0, 0.05) is 72.8 Å². The number of carbonyl (C=O) groups is 4. The van der Waals surface area contributed by atoms with Crippen LogP contribution < -0.4 is 10.6 Å². The van der Waals surface area contributed by atoms with Gasteiger partial charge in [-0.25, -0.2) is 9.59 Å². The number of phenolic OH excluding ortho intramolecular Hbond substituents is 4. The Morgan fingerprint density at radius 1 is 0.443 bits per heavy atom. The number of carbonyl (C=O) groups excluding carboxylic acids is 4. The van der Waals surface area contributed by atoms with Crippen LogP contribution in [0.25, 0.3) is 0 Å². The quantitative estimate of drug-likeness (QED) is 0.0680. The molecule has 88 heavy (non-hydrogen) atoms. The Morgan fingerprint density at radius 3 is 0.932 bits per heavy atom. The summed E-state index contributed by atoms with van der Waals surface area (Å²) in [7, 11) is 4.93. The smallest absolute Gasteiger partial charge is 0.329 e. The first-order valence-corrected chi connectivity index (χ1v) is 32.8. The molecule has 0 radical (unpaired) electrons. The highest BCUT2D eigenvalue weighted by Crippen LogP contribution is 2.42. The Bertz CT molecular complexity index is 3140. The number of hydrogen-bond acceptors (Lipinski definition) is 14. The highest BCUT2D eigenvalue weighted by molar-refractivity contribution is 8.76. The highest BCUT2D eigenvalue weighted by Gasteiger charge is 2.37. The monoisotopic (exact) mass is 1230 g/mol. The van der Waals surface area contributed by atoms with E-state index >= 15 is 9.59 Å². The van der Waals surface area contributed by atoms with Gasteiger partial charge in [-0.3, -0.25) is 19.4 Å². The van der Waals surface area contributed by atoms with Gasteiger partial charge in [0.05, 0.1) is 26.3 Å². The lowest BCUT2D eigenvalue weighted by Gasteiger charge is -2.34. The SMILES string of the molecule is COC(=O)[C@@H]1CSSC[C@@H](C(=O)OC)NC(=O)[C@H](Cc2ccccc2)N2Cc3cc(C(C)(C)C)cc(c3O)Cc3cc(C(C)(C)C)cc(c3O)CN(Cc3cc(C(C)(C)C)cc(c3O)Cc3cc(C(C)(C)C)cc(c3O)C2)[C@@H](Cc2ccccc2)C(=O)N1. The number of methoxy groups -OCH3 is 2. The molecular weight excluding hydrogens is 1140 g/mol. The fourth-order valence-electron chi connectivity index (χ4n) is 11.5. The van der Waals surface area contributed by atoms with Crippen molar-refractivity contribution in [2.45, 2.75) is 181 Å². The van der Waals surface area contributed by atoms with E-state index in [2.05, 4.69) is 93.7 Å². The number of esters is 2. The van der Waals surface area contributed by atoms with Crippen molar-refractivity contribution in [2.75, 3.05) is 25.7 Å². The average Bonchev–Trinajstić information content (AvgIpc) is 1.60. The lowest BCUT2D eigenvalue weighted by Crippen LogP contribution is -2.53. The van der Waals surface area contributed by atoms with Crippen LogP contribution in [0.4, 0.5) is 0 Å². The van der Waals surface area contributed by atoms with Crippen molar-refractivity contribution in [1.29, 1.82) is 0 Å². The molecule has 2 amide bonds. The van der Waals surface area contributed by atoms with Gasteiger partial charge in [0.15, 0.2) is 0 Å². The van der Waals surface area contributed by atoms with Crippen LogP contribution in [0, 0.1) is 0 Å². The summed E-state index contributed by atoms with van der Waals surface area (Å²) >= 11 is 0. The molecule has 10 bridgehead atoms. The van der Waals surface area contributed by atoms with Gasteiger partial charge in [-0.15, -0.1) is 0 Å². The second-order valence-electron chi connectivity index (χ2n) is 27.9. The third kappa shape index (κ3) is 16.3. The molecule has 470 valence electrons. The summed E-state index contributed by atoms with van der Waals surface area (Å²) in [5.41, 5.74) is 7.39. The van der Waals surface area contributed by atoms with Gasteiger partial charge >= 0.3 is 11.9 Å². The van der Waals surface area contributed by atoms with E-state index in [1.165, 1.54) is 35.8 Å². The first-order valence-electron chi connectivity index (χ1n) is 30.3. The topological polar surface area (TPSA) is 198 Å². The van der Waals surface area contributed by atoms with Crippen LogP contribution in [-0.2, 0) is 102 Å². The third-order valence-electron chi connectivity index (χ3n) is 17.0. The van der Waals surface area contributed by atoms with Gasteiger partial charge in [-0.05, 0) is 90.1 Å². The molecule has 0 fully saturated rings. The molecule has 0 saturated carbocycles. The summed E-state index contributed by atoms with van der Waals surface area (Å²) in [4.78, 5) is 63.2. The second-order valence-corrected chi connectivity index (χ2v) is 30.4. The number of hydrogen-bond donors (Lipinski definition) is 6. The zero-order valence-corrected chi connectivity index (χ0v) is 55.4. The fraction of sp³-hybridized carbons (Fsp3) is 0.444. The third-order valence-corrected chi connectivity index (χ3v) is 19.4. The lowest BCUT2D eigenvalue weighted by atomic mass is 9.81. The number of nitrogens with zero attached hydrogens (tertiary/aromatic N) is 2. The zero-order chi connectivity index (χ0) is 64.2. The van der Waals surface area contributed by atoms with Crippen molar-refractivity contribution in [3.63, 3.8) is 0 Å². The maximum Gasteiger partial charge on any atom is 0.329 e. The maximum atomic E-state index is 15.7. The molecule has 3 aliphatic rings. The molecule has 4 atom stereocenters. The van der Waals surface area contributed by atoms with Crippen molar-refractivity contribution in [3.8, 4) is 23.0 Å². The summed E-state index contributed by atoms with van der Waals surface area (Å²) in [5.74, 6) is -2.60. The van der Waals surface area contributed by atoms with E-state index in [1.54, 1.807) is 0 Å². The second kappa shape index (κ2) is 27.4. The predicted octanol–water partition coefficient (Wildman–Crippen LogP) is 12.1. The Balaban J connectivity index is 1.52. The Kier molecular flexibility index (Phi) is 20.9. The van der Waals surface area contributed by atoms with Crippen molar-refractivity contribution in [2.24, 2.45) is 0 Å². The van der Waals surface area contributed by atoms with E-state index in [9.17, 15) is 30.0 Å². The van der Waals surface area contributed by atoms with Gasteiger partial charge in [-0.1, -0.05) is 214 Å². The maximum absolute atomic E-state index is 15.7. The minimum atomic E-state index is -1.19. The van der Waals surface area contributed by atoms with Crippen LogP contribution in [0.2, 0.25) is 0 Å². The molecular formula is C72H90N4O10S2. The van der Waals surface area contributed by atoms with Crippen molar-refractivity contribution in [3.05, 3.63) is 187 Å². The molecule has 16 heteroatoms. The van der Waals surface area contributed by atoms with Gasteiger partial charge in [0.1, 0.15) is 35.1 Å². The number of ether oxygens (including phenoxy) is 2. The molecule has 9 rings (SSSR count). The number of amides is 2. The minimum Gasteiger partial charge on any atom is -0.507 e. The van der Waals surface area contributed by atoms with Crippen molar-refractivity contribution < 1.29 is 49.1 Å². The van der Waals surface area contributed by atoms with E-state index in [1.807, 2.05) is 119 Å². The summed E-state index contributed by atoms with van der Waals surface area (Å²) < 4.78 is 10.7. The normalized spacial score (nSPS) is 20.3. The molecule has 14 nitrogen and oxygen atoms in total. The van der Waals surface area contributed by atoms with Crippen LogP contribution in [0.15, 0.2) is 109 Å². The number of benzene rings is 6. The summed E-state index contributed by atoms with van der Waals surface area (Å²) in [5, 5.41) is 58.3. The summed E-state index contributed by atoms with van der Waals surface area (Å²) in [6, 6.07) is 30.3. The molecule has 0 spiro atoms. The molecule has 0 unspecified atom stereocenters. The van der Waals surface area contributed by atoms with Gasteiger partial charge in [-0.2, -0.15) is 0 Å². The molecule has 6 N–H and O–H groups in total. The van der Waals surface area contributed by atoms with Crippen LogP contribution in [0.3, 0.4) is 0 Å². The summed E-state index contributed by atoms with van der Waals surface area (Å²) in [6.45, 7) is 25.0. The average molecular weight is 1240 g/mol. The molecule has 6 aromatic carbocycles. The van der Waals surface area contributed by atoms with E-state index < -0.39 is 69.6 Å². The van der Waals surface area contributed by atoms with Crippen molar-refractivity contribution >= 4 is 45.3 Å². The number of rotatable bonds is 6. The molecule has 3 aliphatic heterocycles. The Labute approximate surface area is 528 Å². The number of nitrogens with one attached hydrogen (secondary N) is 2. The highest BCUT2D eigenvalue weighted by atomic mass is 33.1. The predicted molar refractivity (Wildman–Crippen MR) is 352 cm³/mol. The number of fused-ring (bicyclic) bond motifs is 11. The van der Waals surface area contributed by atoms with Crippen LogP contribution >= 0.6 is 21.6 Å². The van der Waals surface area contributed by atoms with Gasteiger partial charge in [0.25, 0.3) is 0 Å². The summed E-state index contributed by atoms with van der Waals surface area (Å²) in [6.07, 6.45) is 0.410. The molecule has 0 aromatic heterocycles. The van der Waals surface area contributed by atoms with Gasteiger partial charge in [0.2, 0.25) is 11.8 Å².